The van der Waals surface area contributed by atoms with E-state index < -0.39 is 36.5 Å². The van der Waals surface area contributed by atoms with Crippen molar-refractivity contribution in [2.24, 2.45) is 0 Å². The molecule has 11 heteroatoms. The monoisotopic (exact) mass is 517 g/mol. The highest BCUT2D eigenvalue weighted by atomic mass is 35.5. The van der Waals surface area contributed by atoms with Crippen LogP contribution in [0.1, 0.15) is 40.2 Å². The molecule has 10 nitrogen and oxygen atoms in total. The second-order valence-corrected chi connectivity index (χ2v) is 8.90. The van der Waals surface area contributed by atoms with Crippen LogP contribution in [0, 0.1) is 0 Å². The molecule has 1 saturated heterocycles. The molecule has 5 atom stereocenters. The molecule has 3 aromatic rings. The number of carbonyl (C=O) groups is 1. The Morgan fingerprint density at radius 2 is 1.86 bits per heavy atom. The summed E-state index contributed by atoms with van der Waals surface area (Å²) in [5.74, 6) is 0.130. The van der Waals surface area contributed by atoms with Crippen molar-refractivity contribution in [3.05, 3.63) is 76.1 Å². The van der Waals surface area contributed by atoms with Gasteiger partial charge in [-0.2, -0.15) is 0 Å². The topological polar surface area (TPSA) is 136 Å². The first-order chi connectivity index (χ1) is 17.3. The van der Waals surface area contributed by atoms with Crippen LogP contribution in [0.15, 0.2) is 48.7 Å². The summed E-state index contributed by atoms with van der Waals surface area (Å²) in [6.07, 6.45) is -4.23. The Kier molecular flexibility index (Phi) is 8.22. The van der Waals surface area contributed by atoms with Crippen LogP contribution >= 0.6 is 11.6 Å². The standard InChI is InChI=1S/C25H28ClN3O7/c1-3-35-17-7-4-14(5-8-17)10-16-11-15(6-9-18(16)26)24-23(32)22(31)21(30)20(36-24)13-29-12-19(27-28-29)25(33)34-2/h4-9,11-12,20-24,30-32H,3,10,13H2,1-2H3/t20-,21-,22+,23-,24+/m1/s1. The second kappa shape index (κ2) is 11.4. The number of aromatic nitrogens is 3. The van der Waals surface area contributed by atoms with Crippen molar-refractivity contribution in [1.29, 1.82) is 0 Å². The Hall–Kier alpha value is -3.02. The lowest BCUT2D eigenvalue weighted by molar-refractivity contribution is -0.228. The molecule has 2 heterocycles. The zero-order valence-electron chi connectivity index (χ0n) is 19.8. The zero-order valence-corrected chi connectivity index (χ0v) is 20.6. The number of halogens is 1. The lowest BCUT2D eigenvalue weighted by Crippen LogP contribution is -2.55. The maximum absolute atomic E-state index is 11.6. The summed E-state index contributed by atoms with van der Waals surface area (Å²) < 4.78 is 17.4. The summed E-state index contributed by atoms with van der Waals surface area (Å²) in [7, 11) is 1.23. The third-order valence-corrected chi connectivity index (χ3v) is 6.41. The average Bonchev–Trinajstić information content (AvgIpc) is 3.35. The van der Waals surface area contributed by atoms with Gasteiger partial charge in [-0.1, -0.05) is 41.1 Å². The summed E-state index contributed by atoms with van der Waals surface area (Å²) in [5, 5.41) is 39.9. The van der Waals surface area contributed by atoms with Gasteiger partial charge in [0.25, 0.3) is 0 Å². The van der Waals surface area contributed by atoms with Gasteiger partial charge in [0.15, 0.2) is 5.69 Å². The number of methoxy groups -OCH3 is 1. The van der Waals surface area contributed by atoms with E-state index >= 15 is 0 Å². The summed E-state index contributed by atoms with van der Waals surface area (Å²) in [4.78, 5) is 11.6. The number of aliphatic hydroxyl groups excluding tert-OH is 3. The Morgan fingerprint density at radius 1 is 1.11 bits per heavy atom. The maximum atomic E-state index is 11.6. The van der Waals surface area contributed by atoms with Crippen LogP contribution in [-0.4, -0.2) is 74.4 Å². The molecule has 192 valence electrons. The van der Waals surface area contributed by atoms with E-state index in [4.69, 9.17) is 21.1 Å². The van der Waals surface area contributed by atoms with Gasteiger partial charge >= 0.3 is 5.97 Å². The van der Waals surface area contributed by atoms with Gasteiger partial charge in [0.1, 0.15) is 36.3 Å². The summed E-state index contributed by atoms with van der Waals surface area (Å²) in [6, 6.07) is 12.9. The summed E-state index contributed by atoms with van der Waals surface area (Å²) >= 11 is 6.46. The van der Waals surface area contributed by atoms with Gasteiger partial charge in [0.2, 0.25) is 0 Å². The minimum Gasteiger partial charge on any atom is -0.494 e. The second-order valence-electron chi connectivity index (χ2n) is 8.49. The molecule has 0 amide bonds. The van der Waals surface area contributed by atoms with Crippen LogP contribution in [0.5, 0.6) is 5.75 Å². The number of benzene rings is 2. The van der Waals surface area contributed by atoms with E-state index in [2.05, 4.69) is 15.0 Å². The molecule has 1 aliphatic rings. The summed E-state index contributed by atoms with van der Waals surface area (Å²) in [6.45, 7) is 2.49. The molecule has 2 aromatic carbocycles. The van der Waals surface area contributed by atoms with Crippen molar-refractivity contribution in [3.8, 4) is 5.75 Å². The van der Waals surface area contributed by atoms with E-state index in [0.29, 0.717) is 23.6 Å². The molecular formula is C25H28ClN3O7. The number of hydrogen-bond donors (Lipinski definition) is 3. The first-order valence-electron chi connectivity index (χ1n) is 11.5. The number of ether oxygens (including phenoxy) is 3. The summed E-state index contributed by atoms with van der Waals surface area (Å²) in [5.41, 5.74) is 2.42. The van der Waals surface area contributed by atoms with E-state index in [0.717, 1.165) is 16.9 Å². The SMILES string of the molecule is CCOc1ccc(Cc2cc([C@@H]3O[C@H](Cn4cc(C(=O)OC)nn4)[C@@H](O)[C@H](O)[C@H]3O)ccc2Cl)cc1. The number of carbonyl (C=O) groups excluding carboxylic acids is 1. The predicted octanol–water partition coefficient (Wildman–Crippen LogP) is 1.93. The number of hydrogen-bond acceptors (Lipinski definition) is 9. The third kappa shape index (κ3) is 5.69. The van der Waals surface area contributed by atoms with Gasteiger partial charge in [-0.05, 0) is 48.2 Å². The molecule has 0 spiro atoms. The van der Waals surface area contributed by atoms with Crippen LogP contribution in [0.2, 0.25) is 5.02 Å². The molecule has 0 radical (unpaired) electrons. The molecule has 4 rings (SSSR count). The molecule has 1 fully saturated rings. The van der Waals surface area contributed by atoms with E-state index in [1.54, 1.807) is 12.1 Å². The molecule has 36 heavy (non-hydrogen) atoms. The van der Waals surface area contributed by atoms with E-state index in [-0.39, 0.29) is 12.2 Å². The Morgan fingerprint density at radius 3 is 2.56 bits per heavy atom. The van der Waals surface area contributed by atoms with Crippen molar-refractivity contribution in [2.45, 2.75) is 50.4 Å². The highest BCUT2D eigenvalue weighted by Gasteiger charge is 2.44. The fourth-order valence-corrected chi connectivity index (χ4v) is 4.33. The molecule has 3 N–H and O–H groups in total. The lowest BCUT2D eigenvalue weighted by atomic mass is 9.90. The van der Waals surface area contributed by atoms with Crippen LogP contribution in [0.3, 0.4) is 0 Å². The maximum Gasteiger partial charge on any atom is 0.360 e. The molecular weight excluding hydrogens is 490 g/mol. The smallest absolute Gasteiger partial charge is 0.360 e. The van der Waals surface area contributed by atoms with Crippen molar-refractivity contribution in [3.63, 3.8) is 0 Å². The fourth-order valence-electron chi connectivity index (χ4n) is 4.14. The van der Waals surface area contributed by atoms with Gasteiger partial charge < -0.3 is 29.5 Å². The minimum absolute atomic E-state index is 0.00318. The molecule has 0 bridgehead atoms. The van der Waals surface area contributed by atoms with Crippen LogP contribution in [0.25, 0.3) is 0 Å². The third-order valence-electron chi connectivity index (χ3n) is 6.04. The van der Waals surface area contributed by atoms with Crippen molar-refractivity contribution in [2.75, 3.05) is 13.7 Å². The molecule has 0 saturated carbocycles. The van der Waals surface area contributed by atoms with E-state index in [1.807, 2.05) is 37.3 Å². The molecule has 0 unspecified atom stereocenters. The number of nitrogens with zero attached hydrogens (tertiary/aromatic N) is 3. The molecule has 0 aliphatic carbocycles. The van der Waals surface area contributed by atoms with Gasteiger partial charge in [-0.25, -0.2) is 9.48 Å². The van der Waals surface area contributed by atoms with Crippen LogP contribution in [-0.2, 0) is 22.4 Å². The largest absolute Gasteiger partial charge is 0.494 e. The predicted molar refractivity (Wildman–Crippen MR) is 129 cm³/mol. The van der Waals surface area contributed by atoms with Gasteiger partial charge in [0.05, 0.1) is 26.5 Å². The first-order valence-corrected chi connectivity index (χ1v) is 11.9. The zero-order chi connectivity index (χ0) is 25.8. The molecule has 1 aliphatic heterocycles. The highest BCUT2D eigenvalue weighted by Crippen LogP contribution is 2.35. The van der Waals surface area contributed by atoms with Crippen molar-refractivity contribution < 1.29 is 34.3 Å². The van der Waals surface area contributed by atoms with E-state index in [9.17, 15) is 20.1 Å². The fraction of sp³-hybridized carbons (Fsp3) is 0.400. The number of aliphatic hydroxyl groups is 3. The quantitative estimate of drug-likeness (QED) is 0.383. The average molecular weight is 518 g/mol. The Labute approximate surface area is 213 Å². The van der Waals surface area contributed by atoms with E-state index in [1.165, 1.54) is 18.0 Å². The first kappa shape index (κ1) is 26.1. The minimum atomic E-state index is -1.47. The van der Waals surface area contributed by atoms with Gasteiger partial charge in [0, 0.05) is 5.02 Å². The van der Waals surface area contributed by atoms with Crippen LogP contribution in [0.4, 0.5) is 0 Å². The number of esters is 1. The number of rotatable bonds is 8. The van der Waals surface area contributed by atoms with Crippen molar-refractivity contribution >= 4 is 17.6 Å². The van der Waals surface area contributed by atoms with Gasteiger partial charge in [-0.15, -0.1) is 5.10 Å². The Balaban J connectivity index is 1.53. The van der Waals surface area contributed by atoms with Crippen molar-refractivity contribution in [1.82, 2.24) is 15.0 Å². The van der Waals surface area contributed by atoms with Gasteiger partial charge in [-0.3, -0.25) is 0 Å². The molecule has 1 aromatic heterocycles. The Bertz CT molecular complexity index is 1190. The van der Waals surface area contributed by atoms with Crippen LogP contribution < -0.4 is 4.74 Å². The highest BCUT2D eigenvalue weighted by molar-refractivity contribution is 6.31. The lowest BCUT2D eigenvalue weighted by Gasteiger charge is -2.41. The normalized spacial score (nSPS) is 23.9.